The fourth-order valence-electron chi connectivity index (χ4n) is 1.82. The van der Waals surface area contributed by atoms with E-state index in [4.69, 9.17) is 18.9 Å². The second-order valence-corrected chi connectivity index (χ2v) is 4.24. The van der Waals surface area contributed by atoms with E-state index in [1.165, 1.54) is 33.5 Å². The summed E-state index contributed by atoms with van der Waals surface area (Å²) in [6.07, 6.45) is 0. The van der Waals surface area contributed by atoms with Gasteiger partial charge in [0.2, 0.25) is 5.75 Å². The Morgan fingerprint density at radius 1 is 0.818 bits per heavy atom. The van der Waals surface area contributed by atoms with E-state index in [0.29, 0.717) is 23.0 Å². The molecule has 7 nitrogen and oxygen atoms in total. The minimum absolute atomic E-state index is 0.0982. The molecule has 2 rings (SSSR count). The third kappa shape index (κ3) is 3.38. The van der Waals surface area contributed by atoms with Gasteiger partial charge in [-0.1, -0.05) is 0 Å². The van der Waals surface area contributed by atoms with Gasteiger partial charge in [0.25, 0.3) is 0 Å². The van der Waals surface area contributed by atoms with Gasteiger partial charge in [-0.05, 0) is 12.1 Å². The third-order valence-electron chi connectivity index (χ3n) is 2.92. The summed E-state index contributed by atoms with van der Waals surface area (Å²) in [5.41, 5.74) is -0.193. The van der Waals surface area contributed by atoms with Crippen LogP contribution in [0.2, 0.25) is 0 Å². The van der Waals surface area contributed by atoms with Crippen LogP contribution in [-0.4, -0.2) is 26.3 Å². The van der Waals surface area contributed by atoms with Crippen molar-refractivity contribution in [2.45, 2.75) is 0 Å². The van der Waals surface area contributed by atoms with Crippen LogP contribution in [0, 0.1) is 10.1 Å². The molecule has 2 aromatic rings. The first-order valence-electron chi connectivity index (χ1n) is 6.30. The van der Waals surface area contributed by atoms with Crippen molar-refractivity contribution in [3.8, 4) is 28.7 Å². The van der Waals surface area contributed by atoms with Crippen LogP contribution in [0.25, 0.3) is 0 Å². The highest BCUT2D eigenvalue weighted by atomic mass is 16.6. The van der Waals surface area contributed by atoms with Crippen LogP contribution in [0.15, 0.2) is 36.4 Å². The largest absolute Gasteiger partial charge is 0.496 e. The molecule has 0 radical (unpaired) electrons. The molecular weight excluding hydrogens is 290 g/mol. The minimum atomic E-state index is -0.532. The van der Waals surface area contributed by atoms with Gasteiger partial charge in [-0.3, -0.25) is 10.1 Å². The van der Waals surface area contributed by atoms with Gasteiger partial charge in [0, 0.05) is 18.2 Å². The standard InChI is InChI=1S/C15H15NO6/c1-19-10-4-5-15(14(9-10)16(17)18)22-13-7-11(20-2)6-12(8-13)21-3/h4-9H,1-3H3. The van der Waals surface area contributed by atoms with E-state index in [2.05, 4.69) is 0 Å². The summed E-state index contributed by atoms with van der Waals surface area (Å²) in [6, 6.07) is 9.25. The Balaban J connectivity index is 2.40. The minimum Gasteiger partial charge on any atom is -0.496 e. The fourth-order valence-corrected chi connectivity index (χ4v) is 1.82. The molecule has 0 bridgehead atoms. The summed E-state index contributed by atoms with van der Waals surface area (Å²) in [6.45, 7) is 0. The smallest absolute Gasteiger partial charge is 0.315 e. The number of nitro groups is 1. The first kappa shape index (κ1) is 15.4. The van der Waals surface area contributed by atoms with Gasteiger partial charge in [0.15, 0.2) is 0 Å². The van der Waals surface area contributed by atoms with Gasteiger partial charge < -0.3 is 18.9 Å². The average Bonchev–Trinajstić information content (AvgIpc) is 2.54. The lowest BCUT2D eigenvalue weighted by molar-refractivity contribution is -0.385. The van der Waals surface area contributed by atoms with E-state index >= 15 is 0 Å². The average molecular weight is 305 g/mol. The third-order valence-corrected chi connectivity index (χ3v) is 2.92. The van der Waals surface area contributed by atoms with E-state index in [0.717, 1.165) is 0 Å². The summed E-state index contributed by atoms with van der Waals surface area (Å²) in [5.74, 6) is 1.88. The van der Waals surface area contributed by atoms with E-state index in [9.17, 15) is 10.1 Å². The first-order chi connectivity index (χ1) is 10.6. The van der Waals surface area contributed by atoms with Crippen molar-refractivity contribution in [2.75, 3.05) is 21.3 Å². The Kier molecular flexibility index (Phi) is 4.67. The highest BCUT2D eigenvalue weighted by Crippen LogP contribution is 2.36. The molecule has 0 saturated heterocycles. The fraction of sp³-hybridized carbons (Fsp3) is 0.200. The Morgan fingerprint density at radius 2 is 1.36 bits per heavy atom. The Bertz CT molecular complexity index is 663. The van der Waals surface area contributed by atoms with Crippen LogP contribution >= 0.6 is 0 Å². The van der Waals surface area contributed by atoms with Crippen molar-refractivity contribution in [3.63, 3.8) is 0 Å². The molecular formula is C15H15NO6. The molecule has 0 aliphatic carbocycles. The summed E-state index contributed by atoms with van der Waals surface area (Å²) in [5, 5.41) is 11.1. The van der Waals surface area contributed by atoms with Crippen molar-refractivity contribution < 1.29 is 23.9 Å². The monoisotopic (exact) mass is 305 g/mol. The predicted molar refractivity (Wildman–Crippen MR) is 79.3 cm³/mol. The van der Waals surface area contributed by atoms with Gasteiger partial charge in [0.05, 0.1) is 32.3 Å². The van der Waals surface area contributed by atoms with E-state index in [1.54, 1.807) is 24.3 Å². The zero-order chi connectivity index (χ0) is 16.1. The number of nitro benzene ring substituents is 1. The zero-order valence-electron chi connectivity index (χ0n) is 12.4. The first-order valence-corrected chi connectivity index (χ1v) is 6.30. The summed E-state index contributed by atoms with van der Waals surface area (Å²) in [4.78, 5) is 10.6. The molecule has 0 fully saturated rings. The van der Waals surface area contributed by atoms with Crippen molar-refractivity contribution in [1.82, 2.24) is 0 Å². The molecule has 0 unspecified atom stereocenters. The number of hydrogen-bond acceptors (Lipinski definition) is 6. The van der Waals surface area contributed by atoms with Crippen molar-refractivity contribution in [1.29, 1.82) is 0 Å². The molecule has 2 aromatic carbocycles. The van der Waals surface area contributed by atoms with Crippen LogP contribution < -0.4 is 18.9 Å². The molecule has 0 aromatic heterocycles. The molecule has 0 amide bonds. The predicted octanol–water partition coefficient (Wildman–Crippen LogP) is 3.41. The lowest BCUT2D eigenvalue weighted by Gasteiger charge is -2.10. The number of benzene rings is 2. The van der Waals surface area contributed by atoms with Crippen LogP contribution in [0.1, 0.15) is 0 Å². The van der Waals surface area contributed by atoms with Gasteiger partial charge in [-0.25, -0.2) is 0 Å². The molecule has 22 heavy (non-hydrogen) atoms. The molecule has 0 aliphatic heterocycles. The Hall–Kier alpha value is -2.96. The van der Waals surface area contributed by atoms with Crippen molar-refractivity contribution >= 4 is 5.69 Å². The molecule has 0 aliphatic rings. The molecule has 0 N–H and O–H groups in total. The number of ether oxygens (including phenoxy) is 4. The maximum absolute atomic E-state index is 11.1. The normalized spacial score (nSPS) is 9.95. The Morgan fingerprint density at radius 3 is 1.86 bits per heavy atom. The lowest BCUT2D eigenvalue weighted by atomic mass is 10.2. The van der Waals surface area contributed by atoms with Crippen molar-refractivity contribution in [2.24, 2.45) is 0 Å². The van der Waals surface area contributed by atoms with Gasteiger partial charge in [-0.15, -0.1) is 0 Å². The highest BCUT2D eigenvalue weighted by molar-refractivity contribution is 5.53. The zero-order valence-corrected chi connectivity index (χ0v) is 12.4. The topological polar surface area (TPSA) is 80.1 Å². The van der Waals surface area contributed by atoms with Crippen LogP contribution in [0.4, 0.5) is 5.69 Å². The summed E-state index contributed by atoms with van der Waals surface area (Å²) < 4.78 is 20.9. The number of methoxy groups -OCH3 is 3. The van der Waals surface area contributed by atoms with Gasteiger partial charge in [-0.2, -0.15) is 0 Å². The quantitative estimate of drug-likeness (QED) is 0.601. The molecule has 116 valence electrons. The summed E-state index contributed by atoms with van der Waals surface area (Å²) >= 11 is 0. The number of nitrogens with zero attached hydrogens (tertiary/aromatic N) is 1. The second kappa shape index (κ2) is 6.66. The molecule has 0 saturated carbocycles. The maximum atomic E-state index is 11.1. The van der Waals surface area contributed by atoms with Gasteiger partial charge >= 0.3 is 5.69 Å². The number of rotatable bonds is 6. The maximum Gasteiger partial charge on any atom is 0.315 e. The molecule has 0 atom stereocenters. The van der Waals surface area contributed by atoms with Crippen LogP contribution in [0.3, 0.4) is 0 Å². The molecule has 0 heterocycles. The van der Waals surface area contributed by atoms with Crippen LogP contribution in [0.5, 0.6) is 28.7 Å². The van der Waals surface area contributed by atoms with E-state index in [1.807, 2.05) is 0 Å². The van der Waals surface area contributed by atoms with Gasteiger partial charge in [0.1, 0.15) is 23.0 Å². The van der Waals surface area contributed by atoms with Crippen molar-refractivity contribution in [3.05, 3.63) is 46.5 Å². The molecule has 0 spiro atoms. The summed E-state index contributed by atoms with van der Waals surface area (Å²) in [7, 11) is 4.45. The van der Waals surface area contributed by atoms with Crippen LogP contribution in [-0.2, 0) is 0 Å². The molecule has 7 heteroatoms. The SMILES string of the molecule is COc1cc(OC)cc(Oc2ccc(OC)cc2[N+](=O)[O-])c1. The highest BCUT2D eigenvalue weighted by Gasteiger charge is 2.18. The second-order valence-electron chi connectivity index (χ2n) is 4.24. The van der Waals surface area contributed by atoms with E-state index < -0.39 is 4.92 Å². The van der Waals surface area contributed by atoms with E-state index in [-0.39, 0.29) is 11.4 Å². The Labute approximate surface area is 127 Å². The lowest BCUT2D eigenvalue weighted by Crippen LogP contribution is -1.95. The number of hydrogen-bond donors (Lipinski definition) is 0.